The van der Waals surface area contributed by atoms with E-state index in [0.717, 1.165) is 12.8 Å². The molecule has 1 aromatic heterocycles. The Hall–Kier alpha value is -2.44. The molecule has 0 amide bonds. The summed E-state index contributed by atoms with van der Waals surface area (Å²) in [5, 5.41) is 22.1. The Labute approximate surface area is 122 Å². The van der Waals surface area contributed by atoms with Crippen LogP contribution in [0.4, 0.5) is 11.4 Å². The highest BCUT2D eigenvalue weighted by Crippen LogP contribution is 2.30. The normalized spacial score (nSPS) is 15.8. The zero-order chi connectivity index (χ0) is 14.7. The van der Waals surface area contributed by atoms with Gasteiger partial charge in [0, 0.05) is 12.1 Å². The van der Waals surface area contributed by atoms with Gasteiger partial charge >= 0.3 is 0 Å². The molecule has 110 valence electrons. The molecule has 1 saturated carbocycles. The van der Waals surface area contributed by atoms with E-state index in [1.807, 2.05) is 6.07 Å². The van der Waals surface area contributed by atoms with Gasteiger partial charge in [0.15, 0.2) is 0 Å². The van der Waals surface area contributed by atoms with E-state index in [4.69, 9.17) is 0 Å². The van der Waals surface area contributed by atoms with Crippen LogP contribution in [-0.4, -0.2) is 25.7 Å². The third-order valence-corrected chi connectivity index (χ3v) is 3.86. The predicted molar refractivity (Wildman–Crippen MR) is 78.5 cm³/mol. The molecule has 0 unspecified atom stereocenters. The third kappa shape index (κ3) is 3.01. The quantitative estimate of drug-likeness (QED) is 0.690. The average molecular weight is 287 g/mol. The minimum Gasteiger partial charge on any atom is -0.377 e. The van der Waals surface area contributed by atoms with Crippen LogP contribution in [0.5, 0.6) is 0 Å². The van der Waals surface area contributed by atoms with Crippen molar-refractivity contribution >= 4 is 11.4 Å². The van der Waals surface area contributed by atoms with Crippen LogP contribution in [0.25, 0.3) is 5.69 Å². The lowest BCUT2D eigenvalue weighted by atomic mass is 9.95. The van der Waals surface area contributed by atoms with Gasteiger partial charge in [-0.3, -0.25) is 14.7 Å². The maximum absolute atomic E-state index is 11.3. The van der Waals surface area contributed by atoms with Crippen LogP contribution in [0.3, 0.4) is 0 Å². The first-order chi connectivity index (χ1) is 10.2. The van der Waals surface area contributed by atoms with E-state index in [-0.39, 0.29) is 10.6 Å². The van der Waals surface area contributed by atoms with Gasteiger partial charge in [-0.25, -0.2) is 0 Å². The minimum absolute atomic E-state index is 0.0896. The third-order valence-electron chi connectivity index (χ3n) is 3.86. The summed E-state index contributed by atoms with van der Waals surface area (Å²) < 4.78 is 1.65. The second kappa shape index (κ2) is 5.90. The Morgan fingerprint density at radius 1 is 1.19 bits per heavy atom. The van der Waals surface area contributed by atoms with Crippen LogP contribution >= 0.6 is 0 Å². The average Bonchev–Trinajstić information content (AvgIpc) is 3.03. The Balaban J connectivity index is 1.87. The van der Waals surface area contributed by atoms with Crippen molar-refractivity contribution in [2.24, 2.45) is 0 Å². The number of aromatic nitrogens is 3. The first-order valence-electron chi connectivity index (χ1n) is 7.14. The molecule has 1 heterocycles. The molecule has 1 aliphatic rings. The van der Waals surface area contributed by atoms with Gasteiger partial charge < -0.3 is 5.32 Å². The first-order valence-corrected chi connectivity index (χ1v) is 7.14. The molecular formula is C14H17N5O2. The summed E-state index contributed by atoms with van der Waals surface area (Å²) in [6, 6.07) is 5.48. The van der Waals surface area contributed by atoms with E-state index in [2.05, 4.69) is 15.5 Å². The molecule has 1 N–H and O–H groups in total. The molecule has 0 aliphatic heterocycles. The first kappa shape index (κ1) is 13.5. The van der Waals surface area contributed by atoms with E-state index in [1.165, 1.54) is 31.9 Å². The standard InChI is InChI=1S/C14H17N5O2/c20-19(21)14-8-12(18-9-15-16-10-18)6-7-13(14)17-11-4-2-1-3-5-11/h6-11,17H,1-5H2. The van der Waals surface area contributed by atoms with Gasteiger partial charge in [0.2, 0.25) is 0 Å². The van der Waals surface area contributed by atoms with Crippen LogP contribution in [0.15, 0.2) is 30.9 Å². The summed E-state index contributed by atoms with van der Waals surface area (Å²) in [5.41, 5.74) is 1.36. The lowest BCUT2D eigenvalue weighted by Crippen LogP contribution is -2.22. The fraction of sp³-hybridized carbons (Fsp3) is 0.429. The molecule has 0 radical (unpaired) electrons. The summed E-state index contributed by atoms with van der Waals surface area (Å²) in [4.78, 5) is 11.0. The minimum atomic E-state index is -0.348. The number of hydrogen-bond acceptors (Lipinski definition) is 5. The lowest BCUT2D eigenvalue weighted by molar-refractivity contribution is -0.384. The van der Waals surface area contributed by atoms with Crippen molar-refractivity contribution in [1.29, 1.82) is 0 Å². The summed E-state index contributed by atoms with van der Waals surface area (Å²) in [5.74, 6) is 0. The molecule has 2 aromatic rings. The van der Waals surface area contributed by atoms with Gasteiger partial charge in [-0.1, -0.05) is 19.3 Å². The predicted octanol–water partition coefficient (Wildman–Crippen LogP) is 2.92. The van der Waals surface area contributed by atoms with Crippen molar-refractivity contribution < 1.29 is 4.92 Å². The van der Waals surface area contributed by atoms with Crippen LogP contribution in [0.1, 0.15) is 32.1 Å². The van der Waals surface area contributed by atoms with Crippen LogP contribution in [0, 0.1) is 10.1 Å². The SMILES string of the molecule is O=[N+]([O-])c1cc(-n2cnnc2)ccc1NC1CCCCC1. The summed E-state index contributed by atoms with van der Waals surface area (Å²) in [7, 11) is 0. The van der Waals surface area contributed by atoms with E-state index in [0.29, 0.717) is 17.4 Å². The van der Waals surface area contributed by atoms with Crippen molar-refractivity contribution in [3.63, 3.8) is 0 Å². The number of anilines is 1. The Morgan fingerprint density at radius 3 is 2.57 bits per heavy atom. The number of nitro benzene ring substituents is 1. The van der Waals surface area contributed by atoms with Crippen LogP contribution in [0.2, 0.25) is 0 Å². The number of rotatable bonds is 4. The summed E-state index contributed by atoms with van der Waals surface area (Å²) in [6.45, 7) is 0. The van der Waals surface area contributed by atoms with Gasteiger partial charge in [0.25, 0.3) is 5.69 Å². The molecule has 0 bridgehead atoms. The zero-order valence-corrected chi connectivity index (χ0v) is 11.6. The number of nitrogens with zero attached hydrogens (tertiary/aromatic N) is 4. The lowest BCUT2D eigenvalue weighted by Gasteiger charge is -2.23. The second-order valence-electron chi connectivity index (χ2n) is 5.31. The molecule has 0 spiro atoms. The van der Waals surface area contributed by atoms with Crippen LogP contribution in [-0.2, 0) is 0 Å². The molecule has 21 heavy (non-hydrogen) atoms. The monoisotopic (exact) mass is 287 g/mol. The Kier molecular flexibility index (Phi) is 3.81. The van der Waals surface area contributed by atoms with Crippen molar-refractivity contribution in [3.8, 4) is 5.69 Å². The fourth-order valence-corrected chi connectivity index (χ4v) is 2.75. The highest BCUT2D eigenvalue weighted by molar-refractivity contribution is 5.65. The van der Waals surface area contributed by atoms with Gasteiger partial charge in [-0.15, -0.1) is 10.2 Å². The molecule has 7 nitrogen and oxygen atoms in total. The molecule has 1 fully saturated rings. The highest BCUT2D eigenvalue weighted by atomic mass is 16.6. The second-order valence-corrected chi connectivity index (χ2v) is 5.31. The maximum Gasteiger partial charge on any atom is 0.294 e. The van der Waals surface area contributed by atoms with E-state index in [9.17, 15) is 10.1 Å². The number of hydrogen-bond donors (Lipinski definition) is 1. The van der Waals surface area contributed by atoms with Gasteiger partial charge in [0.05, 0.1) is 10.6 Å². The number of nitro groups is 1. The maximum atomic E-state index is 11.3. The Bertz CT molecular complexity index is 620. The number of benzene rings is 1. The summed E-state index contributed by atoms with van der Waals surface area (Å²) in [6.07, 6.45) is 8.82. The van der Waals surface area contributed by atoms with Crippen molar-refractivity contribution in [2.75, 3.05) is 5.32 Å². The van der Waals surface area contributed by atoms with Crippen LogP contribution < -0.4 is 5.32 Å². The largest absolute Gasteiger partial charge is 0.377 e. The zero-order valence-electron chi connectivity index (χ0n) is 11.6. The summed E-state index contributed by atoms with van der Waals surface area (Å²) >= 11 is 0. The molecule has 1 aromatic carbocycles. The highest BCUT2D eigenvalue weighted by Gasteiger charge is 2.20. The van der Waals surface area contributed by atoms with Gasteiger partial charge in [0.1, 0.15) is 18.3 Å². The van der Waals surface area contributed by atoms with Gasteiger partial charge in [-0.05, 0) is 25.0 Å². The topological polar surface area (TPSA) is 85.9 Å². The van der Waals surface area contributed by atoms with Crippen molar-refractivity contribution in [2.45, 2.75) is 38.1 Å². The Morgan fingerprint density at radius 2 is 1.90 bits per heavy atom. The van der Waals surface area contributed by atoms with Crippen molar-refractivity contribution in [3.05, 3.63) is 41.0 Å². The smallest absolute Gasteiger partial charge is 0.294 e. The van der Waals surface area contributed by atoms with Crippen molar-refractivity contribution in [1.82, 2.24) is 14.8 Å². The van der Waals surface area contributed by atoms with Gasteiger partial charge in [-0.2, -0.15) is 0 Å². The molecule has 1 aliphatic carbocycles. The fourth-order valence-electron chi connectivity index (χ4n) is 2.75. The van der Waals surface area contributed by atoms with E-state index >= 15 is 0 Å². The molecule has 7 heteroatoms. The molecule has 3 rings (SSSR count). The molecule has 0 saturated heterocycles. The van der Waals surface area contributed by atoms with E-state index in [1.54, 1.807) is 16.7 Å². The number of nitrogens with one attached hydrogen (secondary N) is 1. The van der Waals surface area contributed by atoms with E-state index < -0.39 is 0 Å². The molecular weight excluding hydrogens is 270 g/mol. The molecule has 0 atom stereocenters.